The van der Waals surface area contributed by atoms with Crippen LogP contribution in [0.5, 0.6) is 0 Å². The Labute approximate surface area is 122 Å². The van der Waals surface area contributed by atoms with E-state index in [0.717, 1.165) is 51.0 Å². The lowest BCUT2D eigenvalue weighted by Crippen LogP contribution is -2.47. The van der Waals surface area contributed by atoms with E-state index in [1.54, 1.807) is 7.11 Å². The van der Waals surface area contributed by atoms with E-state index in [0.29, 0.717) is 0 Å². The first-order valence-corrected chi connectivity index (χ1v) is 7.30. The Bertz CT molecular complexity index is 422. The van der Waals surface area contributed by atoms with Gasteiger partial charge in [0.1, 0.15) is 11.6 Å². The van der Waals surface area contributed by atoms with Crippen LogP contribution in [-0.2, 0) is 10.2 Å². The molecule has 1 saturated heterocycles. The summed E-state index contributed by atoms with van der Waals surface area (Å²) in [5.41, 5.74) is -0.00367. The monoisotopic (exact) mass is 278 g/mol. The highest BCUT2D eigenvalue weighted by molar-refractivity contribution is 5.38. The molecule has 20 heavy (non-hydrogen) atoms. The fraction of sp³-hybridized carbons (Fsp3) is 0.733. The van der Waals surface area contributed by atoms with Crippen molar-refractivity contribution in [1.29, 1.82) is 0 Å². The molecule has 5 nitrogen and oxygen atoms in total. The van der Waals surface area contributed by atoms with E-state index in [4.69, 9.17) is 9.72 Å². The van der Waals surface area contributed by atoms with E-state index in [9.17, 15) is 0 Å². The molecule has 1 aromatic rings. The normalized spacial score (nSPS) is 17.5. The number of hydrogen-bond acceptors (Lipinski definition) is 5. The summed E-state index contributed by atoms with van der Waals surface area (Å²) >= 11 is 0. The molecule has 1 aromatic heterocycles. The molecule has 0 aliphatic carbocycles. The van der Waals surface area contributed by atoms with Crippen LogP contribution < -0.4 is 4.90 Å². The van der Waals surface area contributed by atoms with E-state index in [2.05, 4.69) is 35.6 Å². The first kappa shape index (κ1) is 15.2. The summed E-state index contributed by atoms with van der Waals surface area (Å²) in [6.45, 7) is 12.4. The van der Waals surface area contributed by atoms with Gasteiger partial charge in [0.25, 0.3) is 0 Å². The van der Waals surface area contributed by atoms with Crippen LogP contribution >= 0.6 is 0 Å². The Morgan fingerprint density at radius 2 is 1.90 bits per heavy atom. The van der Waals surface area contributed by atoms with Crippen molar-refractivity contribution < 1.29 is 4.74 Å². The predicted octanol–water partition coefficient (Wildman–Crippen LogP) is 1.54. The SMILES string of the molecule is COCCN1CCN(c2ccnc(C(C)(C)C)n2)CC1. The van der Waals surface area contributed by atoms with Gasteiger partial charge in [-0.2, -0.15) is 0 Å². The maximum Gasteiger partial charge on any atom is 0.135 e. The number of nitrogens with zero attached hydrogens (tertiary/aromatic N) is 4. The van der Waals surface area contributed by atoms with Crippen LogP contribution in [-0.4, -0.2) is 61.3 Å². The number of anilines is 1. The summed E-state index contributed by atoms with van der Waals surface area (Å²) < 4.78 is 5.13. The summed E-state index contributed by atoms with van der Waals surface area (Å²) in [5.74, 6) is 1.97. The van der Waals surface area contributed by atoms with Gasteiger partial charge in [0.05, 0.1) is 6.61 Å². The number of piperazine rings is 1. The molecule has 112 valence electrons. The van der Waals surface area contributed by atoms with Crippen molar-refractivity contribution in [2.24, 2.45) is 0 Å². The molecular formula is C15H26N4O. The number of rotatable bonds is 4. The Morgan fingerprint density at radius 3 is 2.50 bits per heavy atom. The first-order valence-electron chi connectivity index (χ1n) is 7.30. The molecule has 0 N–H and O–H groups in total. The molecular weight excluding hydrogens is 252 g/mol. The highest BCUT2D eigenvalue weighted by Crippen LogP contribution is 2.21. The number of aromatic nitrogens is 2. The maximum absolute atomic E-state index is 5.13. The Hall–Kier alpha value is -1.20. The molecule has 0 spiro atoms. The quantitative estimate of drug-likeness (QED) is 0.836. The van der Waals surface area contributed by atoms with Crippen LogP contribution in [0.4, 0.5) is 5.82 Å². The minimum atomic E-state index is -0.00367. The molecule has 0 amide bonds. The average molecular weight is 278 g/mol. The lowest BCUT2D eigenvalue weighted by atomic mass is 9.96. The van der Waals surface area contributed by atoms with E-state index in [-0.39, 0.29) is 5.41 Å². The van der Waals surface area contributed by atoms with Gasteiger partial charge >= 0.3 is 0 Å². The van der Waals surface area contributed by atoms with E-state index in [1.807, 2.05) is 12.3 Å². The lowest BCUT2D eigenvalue weighted by Gasteiger charge is -2.35. The third-order valence-corrected chi connectivity index (χ3v) is 3.62. The Morgan fingerprint density at radius 1 is 1.20 bits per heavy atom. The van der Waals surface area contributed by atoms with Gasteiger partial charge in [-0.05, 0) is 6.07 Å². The number of ether oxygens (including phenoxy) is 1. The van der Waals surface area contributed by atoms with Crippen molar-refractivity contribution in [2.75, 3.05) is 51.3 Å². The van der Waals surface area contributed by atoms with Gasteiger partial charge in [-0.1, -0.05) is 20.8 Å². The highest BCUT2D eigenvalue weighted by atomic mass is 16.5. The lowest BCUT2D eigenvalue weighted by molar-refractivity contribution is 0.144. The highest BCUT2D eigenvalue weighted by Gasteiger charge is 2.21. The summed E-state index contributed by atoms with van der Waals surface area (Å²) in [4.78, 5) is 13.9. The summed E-state index contributed by atoms with van der Waals surface area (Å²) in [6, 6.07) is 2.01. The maximum atomic E-state index is 5.13. The zero-order valence-corrected chi connectivity index (χ0v) is 13.1. The van der Waals surface area contributed by atoms with Gasteiger partial charge in [0, 0.05) is 51.4 Å². The Kier molecular flexibility index (Phi) is 4.94. The molecule has 0 aromatic carbocycles. The van der Waals surface area contributed by atoms with Crippen LogP contribution in [0.15, 0.2) is 12.3 Å². The second kappa shape index (κ2) is 6.50. The molecule has 5 heteroatoms. The molecule has 2 heterocycles. The molecule has 0 radical (unpaired) electrons. The van der Waals surface area contributed by atoms with E-state index in [1.165, 1.54) is 0 Å². The first-order chi connectivity index (χ1) is 9.50. The second-order valence-corrected chi connectivity index (χ2v) is 6.31. The molecule has 1 aliphatic rings. The van der Waals surface area contributed by atoms with Crippen LogP contribution in [0, 0.1) is 0 Å². The largest absolute Gasteiger partial charge is 0.383 e. The van der Waals surface area contributed by atoms with Crippen LogP contribution in [0.2, 0.25) is 0 Å². The van der Waals surface area contributed by atoms with Crippen LogP contribution in [0.25, 0.3) is 0 Å². The molecule has 0 saturated carbocycles. The van der Waals surface area contributed by atoms with Crippen LogP contribution in [0.1, 0.15) is 26.6 Å². The molecule has 0 bridgehead atoms. The fourth-order valence-electron chi connectivity index (χ4n) is 2.31. The summed E-state index contributed by atoms with van der Waals surface area (Å²) in [5, 5.41) is 0. The minimum absolute atomic E-state index is 0.00367. The van der Waals surface area contributed by atoms with Gasteiger partial charge in [-0.25, -0.2) is 9.97 Å². The van der Waals surface area contributed by atoms with Crippen molar-refractivity contribution in [3.8, 4) is 0 Å². The smallest absolute Gasteiger partial charge is 0.135 e. The third-order valence-electron chi connectivity index (χ3n) is 3.62. The third kappa shape index (κ3) is 3.90. The minimum Gasteiger partial charge on any atom is -0.383 e. The molecule has 2 rings (SSSR count). The zero-order valence-electron chi connectivity index (χ0n) is 13.1. The summed E-state index contributed by atoms with van der Waals surface area (Å²) in [7, 11) is 1.76. The van der Waals surface area contributed by atoms with Gasteiger partial charge in [0.15, 0.2) is 0 Å². The Balaban J connectivity index is 1.97. The molecule has 1 aliphatic heterocycles. The van der Waals surface area contributed by atoms with Crippen molar-refractivity contribution in [1.82, 2.24) is 14.9 Å². The molecule has 0 atom stereocenters. The molecule has 0 unspecified atom stereocenters. The average Bonchev–Trinajstić information content (AvgIpc) is 2.45. The van der Waals surface area contributed by atoms with Crippen molar-refractivity contribution in [2.45, 2.75) is 26.2 Å². The molecule has 1 fully saturated rings. The number of hydrogen-bond donors (Lipinski definition) is 0. The topological polar surface area (TPSA) is 41.5 Å². The van der Waals surface area contributed by atoms with Gasteiger partial charge < -0.3 is 9.64 Å². The van der Waals surface area contributed by atoms with Crippen molar-refractivity contribution in [3.63, 3.8) is 0 Å². The van der Waals surface area contributed by atoms with Crippen LogP contribution in [0.3, 0.4) is 0 Å². The zero-order chi connectivity index (χ0) is 14.6. The summed E-state index contributed by atoms with van der Waals surface area (Å²) in [6.07, 6.45) is 1.88. The van der Waals surface area contributed by atoms with Crippen molar-refractivity contribution >= 4 is 5.82 Å². The number of methoxy groups -OCH3 is 1. The predicted molar refractivity (Wildman–Crippen MR) is 81.3 cm³/mol. The second-order valence-electron chi connectivity index (χ2n) is 6.31. The fourth-order valence-corrected chi connectivity index (χ4v) is 2.31. The van der Waals surface area contributed by atoms with E-state index < -0.39 is 0 Å². The van der Waals surface area contributed by atoms with Crippen molar-refractivity contribution in [3.05, 3.63) is 18.1 Å². The van der Waals surface area contributed by atoms with Gasteiger partial charge in [-0.3, -0.25) is 4.90 Å². The van der Waals surface area contributed by atoms with Gasteiger partial charge in [-0.15, -0.1) is 0 Å². The van der Waals surface area contributed by atoms with Gasteiger partial charge in [0.2, 0.25) is 0 Å². The standard InChI is InChI=1S/C15H26N4O/c1-15(2,3)14-16-6-5-13(17-14)19-9-7-18(8-10-19)11-12-20-4/h5-6H,7-12H2,1-4H3. The van der Waals surface area contributed by atoms with E-state index >= 15 is 0 Å².